The van der Waals surface area contributed by atoms with E-state index in [1.54, 1.807) is 19.5 Å². The first kappa shape index (κ1) is 34.8. The summed E-state index contributed by atoms with van der Waals surface area (Å²) in [6, 6.07) is 43.9. The number of methoxy groups -OCH3 is 1. The van der Waals surface area contributed by atoms with E-state index in [4.69, 9.17) is 4.74 Å². The van der Waals surface area contributed by atoms with Crippen LogP contribution in [-0.4, -0.2) is 45.8 Å². The number of H-pyrrole nitrogens is 1. The Balaban J connectivity index is 0.000000148. The monoisotopic (exact) mass is 742 g/mol. The number of hydrogen-bond acceptors (Lipinski definition) is 7. The molecule has 10 aromatic rings. The average molecular weight is 743 g/mol. The third kappa shape index (κ3) is 7.06. The number of pyridine rings is 6. The summed E-state index contributed by atoms with van der Waals surface area (Å²) in [6.07, 6.45) is 14.7. The number of hydrogen-bond donors (Lipinski definition) is 1. The SMILES string of the molecule is COc1ncccc1-c1ccn2c(-c3ccnc(-c4ccccc4)c3)cnc2c1.O=c1[nH]cccc1-c1ccn2c(-c3ccnc(-c4ccccc4)c3)cnc2c1. The zero-order chi connectivity index (χ0) is 38.6. The summed E-state index contributed by atoms with van der Waals surface area (Å²) < 4.78 is 9.49. The first-order valence-corrected chi connectivity index (χ1v) is 18.3. The zero-order valence-electron chi connectivity index (χ0n) is 30.8. The molecule has 0 bridgehead atoms. The van der Waals surface area contributed by atoms with Crippen LogP contribution < -0.4 is 10.3 Å². The van der Waals surface area contributed by atoms with Gasteiger partial charge in [0.1, 0.15) is 11.3 Å². The average Bonchev–Trinajstić information content (AvgIpc) is 3.92. The van der Waals surface area contributed by atoms with E-state index in [1.807, 2.05) is 145 Å². The largest absolute Gasteiger partial charge is 0.481 e. The number of benzene rings is 2. The Kier molecular flexibility index (Phi) is 9.40. The van der Waals surface area contributed by atoms with Gasteiger partial charge in [-0.2, -0.15) is 0 Å². The molecule has 0 spiro atoms. The lowest BCUT2D eigenvalue weighted by molar-refractivity contribution is 0.399. The van der Waals surface area contributed by atoms with Crippen molar-refractivity contribution in [3.63, 3.8) is 0 Å². The molecule has 0 unspecified atom stereocenters. The summed E-state index contributed by atoms with van der Waals surface area (Å²) in [5, 5.41) is 0. The number of nitrogens with one attached hydrogen (secondary N) is 1. The molecule has 274 valence electrons. The minimum atomic E-state index is -0.111. The summed E-state index contributed by atoms with van der Waals surface area (Å²) in [4.78, 5) is 37.2. The number of rotatable bonds is 7. The molecule has 0 amide bonds. The fraction of sp³-hybridized carbons (Fsp3) is 0.0213. The van der Waals surface area contributed by atoms with Crippen LogP contribution in [0.2, 0.25) is 0 Å². The third-order valence-electron chi connectivity index (χ3n) is 9.68. The maximum absolute atomic E-state index is 12.1. The number of aromatic nitrogens is 8. The van der Waals surface area contributed by atoms with Crippen molar-refractivity contribution in [3.8, 4) is 73.2 Å². The van der Waals surface area contributed by atoms with E-state index in [-0.39, 0.29) is 5.56 Å². The standard InChI is InChI=1S/C24H18N4O.C23H16N4O/c1-29-24-20(8-5-11-26-24)18-10-13-28-22(16-27-23(28)15-18)19-9-12-25-21(14-19)17-6-3-2-4-7-17;28-23-19(7-4-10-25-23)17-9-12-27-21(15-26-22(27)14-17)18-8-11-24-20(13-18)16-5-2-1-3-6-16/h2-16H,1H3;1-15H,(H,25,28). The third-order valence-corrected chi connectivity index (χ3v) is 9.68. The van der Waals surface area contributed by atoms with Gasteiger partial charge in [0.05, 0.1) is 42.3 Å². The molecule has 0 aliphatic heterocycles. The molecular formula is C47H34N8O2. The lowest BCUT2D eigenvalue weighted by Crippen LogP contribution is -2.07. The maximum Gasteiger partial charge on any atom is 0.255 e. The summed E-state index contributed by atoms with van der Waals surface area (Å²) in [6.45, 7) is 0. The zero-order valence-corrected chi connectivity index (χ0v) is 30.8. The van der Waals surface area contributed by atoms with Crippen LogP contribution in [0.15, 0.2) is 188 Å². The molecule has 0 saturated carbocycles. The Hall–Kier alpha value is -7.98. The van der Waals surface area contributed by atoms with Crippen molar-refractivity contribution >= 4 is 11.3 Å². The van der Waals surface area contributed by atoms with E-state index < -0.39 is 0 Å². The molecule has 2 aromatic carbocycles. The predicted octanol–water partition coefficient (Wildman–Crippen LogP) is 9.55. The van der Waals surface area contributed by atoms with Crippen LogP contribution in [0.1, 0.15) is 0 Å². The molecule has 0 radical (unpaired) electrons. The van der Waals surface area contributed by atoms with Gasteiger partial charge in [-0.25, -0.2) is 15.0 Å². The molecule has 0 fully saturated rings. The molecule has 0 saturated heterocycles. The van der Waals surface area contributed by atoms with E-state index in [2.05, 4.69) is 64.6 Å². The molecular weight excluding hydrogens is 709 g/mol. The molecule has 0 aliphatic rings. The highest BCUT2D eigenvalue weighted by atomic mass is 16.5. The van der Waals surface area contributed by atoms with Gasteiger partial charge in [0, 0.05) is 70.6 Å². The normalized spacial score (nSPS) is 11.0. The van der Waals surface area contributed by atoms with Gasteiger partial charge in [-0.15, -0.1) is 0 Å². The molecule has 8 heterocycles. The maximum atomic E-state index is 12.1. The number of aromatic amines is 1. The van der Waals surface area contributed by atoms with Crippen LogP contribution in [0.3, 0.4) is 0 Å². The summed E-state index contributed by atoms with van der Waals surface area (Å²) in [7, 11) is 1.63. The molecule has 10 rings (SSSR count). The van der Waals surface area contributed by atoms with Crippen molar-refractivity contribution < 1.29 is 4.74 Å². The topological polar surface area (TPSA) is 115 Å². The fourth-order valence-electron chi connectivity index (χ4n) is 6.86. The van der Waals surface area contributed by atoms with Gasteiger partial charge >= 0.3 is 0 Å². The Labute approximate surface area is 327 Å². The highest BCUT2D eigenvalue weighted by Crippen LogP contribution is 2.31. The van der Waals surface area contributed by atoms with Crippen LogP contribution in [0.25, 0.3) is 78.6 Å². The van der Waals surface area contributed by atoms with E-state index in [1.165, 1.54) is 0 Å². The molecule has 8 aromatic heterocycles. The molecule has 57 heavy (non-hydrogen) atoms. The highest BCUT2D eigenvalue weighted by molar-refractivity contribution is 5.76. The van der Waals surface area contributed by atoms with Crippen LogP contribution in [0.4, 0.5) is 0 Å². The van der Waals surface area contributed by atoms with Crippen molar-refractivity contribution in [3.05, 3.63) is 193 Å². The van der Waals surface area contributed by atoms with Crippen molar-refractivity contribution in [1.82, 2.24) is 38.7 Å². The minimum Gasteiger partial charge on any atom is -0.481 e. The Bertz CT molecular complexity index is 3050. The quantitative estimate of drug-likeness (QED) is 0.173. The van der Waals surface area contributed by atoms with Crippen LogP contribution in [0, 0.1) is 0 Å². The summed E-state index contributed by atoms with van der Waals surface area (Å²) in [5.74, 6) is 0.602. The molecule has 10 heteroatoms. The molecule has 10 nitrogen and oxygen atoms in total. The van der Waals surface area contributed by atoms with E-state index in [0.29, 0.717) is 11.4 Å². The van der Waals surface area contributed by atoms with E-state index in [9.17, 15) is 4.79 Å². The first-order chi connectivity index (χ1) is 28.1. The Morgan fingerprint density at radius 1 is 0.491 bits per heavy atom. The summed E-state index contributed by atoms with van der Waals surface area (Å²) in [5.41, 5.74) is 13.1. The highest BCUT2D eigenvalue weighted by Gasteiger charge is 2.13. The van der Waals surface area contributed by atoms with Crippen LogP contribution in [0.5, 0.6) is 5.88 Å². The lowest BCUT2D eigenvalue weighted by Gasteiger charge is -2.08. The van der Waals surface area contributed by atoms with Gasteiger partial charge in [0.25, 0.3) is 5.56 Å². The minimum absolute atomic E-state index is 0.111. The number of imidazole rings is 2. The van der Waals surface area contributed by atoms with Crippen molar-refractivity contribution in [2.75, 3.05) is 7.11 Å². The van der Waals surface area contributed by atoms with Gasteiger partial charge in [-0.05, 0) is 83.9 Å². The summed E-state index contributed by atoms with van der Waals surface area (Å²) >= 11 is 0. The second-order valence-electron chi connectivity index (χ2n) is 13.1. The number of nitrogens with zero attached hydrogens (tertiary/aromatic N) is 7. The van der Waals surface area contributed by atoms with E-state index >= 15 is 0 Å². The predicted molar refractivity (Wildman–Crippen MR) is 224 cm³/mol. The van der Waals surface area contributed by atoms with Crippen molar-refractivity contribution in [2.45, 2.75) is 0 Å². The van der Waals surface area contributed by atoms with Crippen LogP contribution in [-0.2, 0) is 0 Å². The van der Waals surface area contributed by atoms with Gasteiger partial charge in [-0.1, -0.05) is 60.7 Å². The van der Waals surface area contributed by atoms with Crippen molar-refractivity contribution in [2.24, 2.45) is 0 Å². The van der Waals surface area contributed by atoms with Gasteiger partial charge in [-0.3, -0.25) is 23.6 Å². The lowest BCUT2D eigenvalue weighted by atomic mass is 10.1. The van der Waals surface area contributed by atoms with Gasteiger partial charge in [0.15, 0.2) is 0 Å². The van der Waals surface area contributed by atoms with Gasteiger partial charge in [0.2, 0.25) is 5.88 Å². The second kappa shape index (κ2) is 15.4. The second-order valence-corrected chi connectivity index (χ2v) is 13.1. The fourth-order valence-corrected chi connectivity index (χ4v) is 6.86. The molecule has 0 atom stereocenters. The Morgan fingerprint density at radius 3 is 1.58 bits per heavy atom. The number of fused-ring (bicyclic) bond motifs is 2. The van der Waals surface area contributed by atoms with Crippen molar-refractivity contribution in [1.29, 1.82) is 0 Å². The van der Waals surface area contributed by atoms with Gasteiger partial charge < -0.3 is 9.72 Å². The van der Waals surface area contributed by atoms with E-state index in [0.717, 1.165) is 73.0 Å². The Morgan fingerprint density at radius 2 is 1.04 bits per heavy atom. The molecule has 0 aliphatic carbocycles. The smallest absolute Gasteiger partial charge is 0.255 e. The first-order valence-electron chi connectivity index (χ1n) is 18.3. The number of ether oxygens (including phenoxy) is 1. The molecule has 1 N–H and O–H groups in total. The van der Waals surface area contributed by atoms with Crippen LogP contribution >= 0.6 is 0 Å².